The van der Waals surface area contributed by atoms with Gasteiger partial charge >= 0.3 is 0 Å². The number of rotatable bonds is 9. The second kappa shape index (κ2) is 9.66. The molecule has 2 amide bonds. The molecule has 1 aromatic carbocycles. The van der Waals surface area contributed by atoms with Crippen LogP contribution in [0, 0.1) is 0 Å². The molecular formula is C20H26N2O5. The summed E-state index contributed by atoms with van der Waals surface area (Å²) in [5.41, 5.74) is 0. The molecule has 0 bridgehead atoms. The zero-order chi connectivity index (χ0) is 19.8. The predicted molar refractivity (Wildman–Crippen MR) is 101 cm³/mol. The van der Waals surface area contributed by atoms with E-state index in [2.05, 4.69) is 10.6 Å². The molecule has 1 atom stereocenters. The van der Waals surface area contributed by atoms with Crippen molar-refractivity contribution in [2.24, 2.45) is 0 Å². The van der Waals surface area contributed by atoms with Crippen molar-refractivity contribution in [2.45, 2.75) is 45.9 Å². The van der Waals surface area contributed by atoms with Crippen molar-refractivity contribution < 1.29 is 23.5 Å². The van der Waals surface area contributed by atoms with E-state index < -0.39 is 0 Å². The molecular weight excluding hydrogens is 348 g/mol. The van der Waals surface area contributed by atoms with E-state index in [0.29, 0.717) is 17.3 Å². The minimum atomic E-state index is -0.372. The van der Waals surface area contributed by atoms with Crippen LogP contribution in [0.1, 0.15) is 43.5 Å². The summed E-state index contributed by atoms with van der Waals surface area (Å²) in [6, 6.07) is 10.3. The maximum absolute atomic E-state index is 12.2. The van der Waals surface area contributed by atoms with Crippen LogP contribution in [-0.2, 0) is 11.4 Å². The van der Waals surface area contributed by atoms with Crippen LogP contribution in [0.3, 0.4) is 0 Å². The molecule has 2 rings (SSSR count). The summed E-state index contributed by atoms with van der Waals surface area (Å²) in [4.78, 5) is 24.0. The lowest BCUT2D eigenvalue weighted by atomic mass is 10.2. The Balaban J connectivity index is 1.87. The molecule has 7 nitrogen and oxygen atoms in total. The first-order chi connectivity index (χ1) is 12.9. The molecule has 0 aliphatic heterocycles. The molecule has 0 spiro atoms. The monoisotopic (exact) mass is 374 g/mol. The molecule has 2 N–H and O–H groups in total. The van der Waals surface area contributed by atoms with E-state index in [0.717, 1.165) is 0 Å². The molecule has 0 saturated heterocycles. The van der Waals surface area contributed by atoms with Crippen molar-refractivity contribution in [1.82, 2.24) is 10.6 Å². The number of para-hydroxylation sites is 2. The molecule has 146 valence electrons. The van der Waals surface area contributed by atoms with Gasteiger partial charge in [0.2, 0.25) is 5.91 Å². The van der Waals surface area contributed by atoms with Gasteiger partial charge in [0.05, 0.1) is 7.11 Å². The second-order valence-corrected chi connectivity index (χ2v) is 6.51. The smallest absolute Gasteiger partial charge is 0.287 e. The topological polar surface area (TPSA) is 89.8 Å². The normalized spacial score (nSPS) is 11.7. The SMILES string of the molecule is COc1ccccc1OCc1ccc(C(=O)N[C@H](C)CC(=O)NC(C)C)o1. The second-order valence-electron chi connectivity index (χ2n) is 6.51. The fraction of sp³-hybridized carbons (Fsp3) is 0.400. The van der Waals surface area contributed by atoms with Crippen LogP contribution in [0.15, 0.2) is 40.8 Å². The number of amides is 2. The summed E-state index contributed by atoms with van der Waals surface area (Å²) in [5, 5.41) is 5.54. The lowest BCUT2D eigenvalue weighted by molar-refractivity contribution is -0.121. The number of methoxy groups -OCH3 is 1. The van der Waals surface area contributed by atoms with E-state index in [1.807, 2.05) is 26.0 Å². The molecule has 0 saturated carbocycles. The predicted octanol–water partition coefficient (Wildman–Crippen LogP) is 2.90. The number of hydrogen-bond acceptors (Lipinski definition) is 5. The Morgan fingerprint density at radius 2 is 1.74 bits per heavy atom. The molecule has 0 radical (unpaired) electrons. The fourth-order valence-corrected chi connectivity index (χ4v) is 2.47. The van der Waals surface area contributed by atoms with Crippen LogP contribution in [-0.4, -0.2) is 31.0 Å². The molecule has 1 heterocycles. The summed E-state index contributed by atoms with van der Waals surface area (Å²) < 4.78 is 16.4. The Labute approximate surface area is 159 Å². The number of hydrogen-bond donors (Lipinski definition) is 2. The van der Waals surface area contributed by atoms with Crippen LogP contribution in [0.25, 0.3) is 0 Å². The molecule has 0 unspecified atom stereocenters. The van der Waals surface area contributed by atoms with E-state index in [-0.39, 0.29) is 42.7 Å². The van der Waals surface area contributed by atoms with Crippen LogP contribution >= 0.6 is 0 Å². The van der Waals surface area contributed by atoms with E-state index in [9.17, 15) is 9.59 Å². The summed E-state index contributed by atoms with van der Waals surface area (Å²) in [6.45, 7) is 5.71. The van der Waals surface area contributed by atoms with Gasteiger partial charge in [0.15, 0.2) is 17.3 Å². The van der Waals surface area contributed by atoms with E-state index >= 15 is 0 Å². The van der Waals surface area contributed by atoms with Crippen LogP contribution in [0.2, 0.25) is 0 Å². The molecule has 7 heteroatoms. The minimum absolute atomic E-state index is 0.0660. The van der Waals surface area contributed by atoms with Gasteiger partial charge in [0.1, 0.15) is 12.4 Å². The zero-order valence-electron chi connectivity index (χ0n) is 16.1. The molecule has 0 aliphatic rings. The third-order valence-corrected chi connectivity index (χ3v) is 3.64. The van der Waals surface area contributed by atoms with E-state index in [1.54, 1.807) is 38.3 Å². The average molecular weight is 374 g/mol. The number of benzene rings is 1. The molecule has 0 aliphatic carbocycles. The Morgan fingerprint density at radius 1 is 1.04 bits per heavy atom. The Hall–Kier alpha value is -2.96. The standard InChI is InChI=1S/C20H26N2O5/c1-13(2)21-19(23)11-14(3)22-20(24)18-10-9-15(27-18)12-26-17-8-6-5-7-16(17)25-4/h5-10,13-14H,11-12H2,1-4H3,(H,21,23)(H,22,24)/t14-/m1/s1. The van der Waals surface area contributed by atoms with Crippen LogP contribution in [0.4, 0.5) is 0 Å². The third-order valence-electron chi connectivity index (χ3n) is 3.64. The van der Waals surface area contributed by atoms with Gasteiger partial charge < -0.3 is 24.5 Å². The molecule has 0 fully saturated rings. The van der Waals surface area contributed by atoms with E-state index in [1.165, 1.54) is 0 Å². The lowest BCUT2D eigenvalue weighted by Gasteiger charge is -2.14. The Morgan fingerprint density at radius 3 is 2.41 bits per heavy atom. The maximum Gasteiger partial charge on any atom is 0.287 e. The largest absolute Gasteiger partial charge is 0.493 e. The van der Waals surface area contributed by atoms with Gasteiger partial charge in [-0.05, 0) is 45.0 Å². The van der Waals surface area contributed by atoms with Gasteiger partial charge in [-0.15, -0.1) is 0 Å². The van der Waals surface area contributed by atoms with Gasteiger partial charge in [-0.25, -0.2) is 0 Å². The number of ether oxygens (including phenoxy) is 2. The average Bonchev–Trinajstić information content (AvgIpc) is 3.08. The Bertz CT molecular complexity index is 769. The van der Waals surface area contributed by atoms with Crippen molar-refractivity contribution in [3.63, 3.8) is 0 Å². The maximum atomic E-state index is 12.2. The first-order valence-corrected chi connectivity index (χ1v) is 8.83. The number of furan rings is 1. The summed E-state index contributed by atoms with van der Waals surface area (Å²) in [6.07, 6.45) is 0.203. The van der Waals surface area contributed by atoms with Crippen molar-refractivity contribution in [1.29, 1.82) is 0 Å². The van der Waals surface area contributed by atoms with Gasteiger partial charge in [0, 0.05) is 18.5 Å². The van der Waals surface area contributed by atoms with Crippen LogP contribution in [0.5, 0.6) is 11.5 Å². The Kier molecular flexibility index (Phi) is 7.28. The van der Waals surface area contributed by atoms with Crippen molar-refractivity contribution >= 4 is 11.8 Å². The third kappa shape index (κ3) is 6.36. The molecule has 1 aromatic heterocycles. The quantitative estimate of drug-likeness (QED) is 0.704. The zero-order valence-corrected chi connectivity index (χ0v) is 16.1. The highest BCUT2D eigenvalue weighted by atomic mass is 16.5. The van der Waals surface area contributed by atoms with Gasteiger partial charge in [-0.2, -0.15) is 0 Å². The number of nitrogens with one attached hydrogen (secondary N) is 2. The first kappa shape index (κ1) is 20.4. The highest BCUT2D eigenvalue weighted by molar-refractivity contribution is 5.92. The van der Waals surface area contributed by atoms with E-state index in [4.69, 9.17) is 13.9 Å². The number of carbonyl (C=O) groups excluding carboxylic acids is 2. The highest BCUT2D eigenvalue weighted by Crippen LogP contribution is 2.26. The van der Waals surface area contributed by atoms with Gasteiger partial charge in [-0.3, -0.25) is 9.59 Å². The van der Waals surface area contributed by atoms with Crippen molar-refractivity contribution in [3.05, 3.63) is 47.9 Å². The summed E-state index contributed by atoms with van der Waals surface area (Å²) in [5.74, 6) is 1.41. The molecule has 27 heavy (non-hydrogen) atoms. The van der Waals surface area contributed by atoms with Crippen molar-refractivity contribution in [2.75, 3.05) is 7.11 Å². The van der Waals surface area contributed by atoms with Gasteiger partial charge in [0.25, 0.3) is 5.91 Å². The van der Waals surface area contributed by atoms with Crippen molar-refractivity contribution in [3.8, 4) is 11.5 Å². The fourth-order valence-electron chi connectivity index (χ4n) is 2.47. The minimum Gasteiger partial charge on any atom is -0.493 e. The summed E-state index contributed by atoms with van der Waals surface area (Å²) in [7, 11) is 1.57. The van der Waals surface area contributed by atoms with Crippen LogP contribution < -0.4 is 20.1 Å². The lowest BCUT2D eigenvalue weighted by Crippen LogP contribution is -2.39. The van der Waals surface area contributed by atoms with Gasteiger partial charge in [-0.1, -0.05) is 12.1 Å². The number of carbonyl (C=O) groups is 2. The summed E-state index contributed by atoms with van der Waals surface area (Å²) >= 11 is 0. The first-order valence-electron chi connectivity index (χ1n) is 8.83. The highest BCUT2D eigenvalue weighted by Gasteiger charge is 2.17. The molecule has 2 aromatic rings.